The number of hydrogen-bond acceptors (Lipinski definition) is 3. The Morgan fingerprint density at radius 3 is 2.06 bits per heavy atom. The third kappa shape index (κ3) is 6.48. The molecular formula is C12H26O3S. The van der Waals surface area contributed by atoms with E-state index in [4.69, 9.17) is 0 Å². The minimum absolute atomic E-state index is 0.0549. The zero-order valence-corrected chi connectivity index (χ0v) is 11.6. The first kappa shape index (κ1) is 15.9. The summed E-state index contributed by atoms with van der Waals surface area (Å²) in [5.74, 6) is 0.237. The monoisotopic (exact) mass is 250 g/mol. The fourth-order valence-corrected chi connectivity index (χ4v) is 2.68. The predicted molar refractivity (Wildman–Crippen MR) is 68.3 cm³/mol. The lowest BCUT2D eigenvalue weighted by Gasteiger charge is -2.30. The summed E-state index contributed by atoms with van der Waals surface area (Å²) in [7, 11) is -2.87. The van der Waals surface area contributed by atoms with Gasteiger partial charge in [0.25, 0.3) is 0 Å². The topological polar surface area (TPSA) is 54.4 Å². The van der Waals surface area contributed by atoms with Crippen molar-refractivity contribution >= 4 is 9.84 Å². The molecule has 0 amide bonds. The summed E-state index contributed by atoms with van der Waals surface area (Å²) in [6.45, 7) is 4.38. The van der Waals surface area contributed by atoms with E-state index in [1.165, 1.54) is 6.26 Å². The lowest BCUT2D eigenvalue weighted by Crippen LogP contribution is -2.25. The van der Waals surface area contributed by atoms with Crippen LogP contribution in [-0.4, -0.2) is 32.1 Å². The molecule has 16 heavy (non-hydrogen) atoms. The second-order valence-electron chi connectivity index (χ2n) is 4.85. The van der Waals surface area contributed by atoms with Crippen LogP contribution < -0.4 is 0 Å². The number of sulfone groups is 1. The van der Waals surface area contributed by atoms with E-state index in [9.17, 15) is 13.5 Å². The summed E-state index contributed by atoms with van der Waals surface area (Å²) in [6, 6.07) is 0. The minimum atomic E-state index is -2.87. The molecule has 0 aliphatic heterocycles. The molecule has 0 saturated heterocycles. The maximum atomic E-state index is 11.0. The molecule has 1 N–H and O–H groups in total. The third-order valence-electron chi connectivity index (χ3n) is 3.37. The Bertz CT molecular complexity index is 266. The molecule has 0 aromatic carbocycles. The van der Waals surface area contributed by atoms with Crippen LogP contribution in [0.25, 0.3) is 0 Å². The first-order chi connectivity index (χ1) is 7.39. The number of unbranched alkanes of at least 4 members (excludes halogenated alkanes) is 1. The lowest BCUT2D eigenvalue weighted by molar-refractivity contribution is 0.0969. The van der Waals surface area contributed by atoms with E-state index in [1.54, 1.807) is 0 Å². The fraction of sp³-hybridized carbons (Fsp3) is 1.00. The largest absolute Gasteiger partial charge is 0.396 e. The van der Waals surface area contributed by atoms with E-state index in [-0.39, 0.29) is 17.8 Å². The zero-order valence-electron chi connectivity index (χ0n) is 10.8. The molecule has 0 aromatic rings. The van der Waals surface area contributed by atoms with E-state index in [2.05, 4.69) is 13.8 Å². The summed E-state index contributed by atoms with van der Waals surface area (Å²) in [5.41, 5.74) is -0.0549. The first-order valence-corrected chi connectivity index (χ1v) is 8.24. The van der Waals surface area contributed by atoms with Crippen molar-refractivity contribution in [2.45, 2.75) is 52.4 Å². The molecule has 0 fully saturated rings. The molecule has 0 aromatic heterocycles. The van der Waals surface area contributed by atoms with Crippen LogP contribution in [-0.2, 0) is 9.84 Å². The van der Waals surface area contributed by atoms with Crippen molar-refractivity contribution in [3.8, 4) is 0 Å². The Kier molecular flexibility index (Phi) is 7.24. The number of aliphatic hydroxyl groups is 1. The average Bonchev–Trinajstić information content (AvgIpc) is 2.22. The van der Waals surface area contributed by atoms with Gasteiger partial charge in [-0.3, -0.25) is 0 Å². The maximum absolute atomic E-state index is 11.0. The minimum Gasteiger partial charge on any atom is -0.396 e. The highest BCUT2D eigenvalue weighted by molar-refractivity contribution is 7.90. The Hall–Kier alpha value is -0.0900. The van der Waals surface area contributed by atoms with Gasteiger partial charge in [0.2, 0.25) is 0 Å². The molecule has 0 aliphatic carbocycles. The molecule has 4 heteroatoms. The molecule has 98 valence electrons. The van der Waals surface area contributed by atoms with Crippen LogP contribution in [0.15, 0.2) is 0 Å². The molecule has 0 saturated carbocycles. The first-order valence-electron chi connectivity index (χ1n) is 6.17. The molecule has 0 aliphatic rings. The Morgan fingerprint density at radius 2 is 1.69 bits per heavy atom. The molecule has 1 unspecified atom stereocenters. The SMILES string of the molecule is CCCCC(CC)(CO)CCCS(C)(=O)=O. The molecule has 0 heterocycles. The van der Waals surface area contributed by atoms with Crippen molar-refractivity contribution in [2.24, 2.45) is 5.41 Å². The van der Waals surface area contributed by atoms with Gasteiger partial charge >= 0.3 is 0 Å². The molecule has 0 radical (unpaired) electrons. The van der Waals surface area contributed by atoms with Crippen LogP contribution in [0, 0.1) is 5.41 Å². The number of aliphatic hydroxyl groups excluding tert-OH is 1. The van der Waals surface area contributed by atoms with Crippen LogP contribution in [0.4, 0.5) is 0 Å². The van der Waals surface area contributed by atoms with Crippen molar-refractivity contribution in [3.63, 3.8) is 0 Å². The highest BCUT2D eigenvalue weighted by Crippen LogP contribution is 2.33. The van der Waals surface area contributed by atoms with Gasteiger partial charge in [-0.15, -0.1) is 0 Å². The van der Waals surface area contributed by atoms with Gasteiger partial charge in [0.15, 0.2) is 0 Å². The van der Waals surface area contributed by atoms with Gasteiger partial charge in [0, 0.05) is 18.6 Å². The van der Waals surface area contributed by atoms with Gasteiger partial charge < -0.3 is 5.11 Å². The van der Waals surface area contributed by atoms with Crippen molar-refractivity contribution in [2.75, 3.05) is 18.6 Å². The third-order valence-corrected chi connectivity index (χ3v) is 4.40. The van der Waals surface area contributed by atoms with E-state index < -0.39 is 9.84 Å². The number of hydrogen-bond donors (Lipinski definition) is 1. The van der Waals surface area contributed by atoms with Gasteiger partial charge in [-0.2, -0.15) is 0 Å². The average molecular weight is 250 g/mol. The summed E-state index contributed by atoms with van der Waals surface area (Å²) in [6.07, 6.45) is 6.89. The normalized spacial score (nSPS) is 16.0. The molecule has 3 nitrogen and oxygen atoms in total. The highest BCUT2D eigenvalue weighted by atomic mass is 32.2. The zero-order chi connectivity index (χ0) is 12.7. The van der Waals surface area contributed by atoms with Crippen LogP contribution in [0.2, 0.25) is 0 Å². The maximum Gasteiger partial charge on any atom is 0.147 e. The van der Waals surface area contributed by atoms with Gasteiger partial charge in [-0.05, 0) is 31.1 Å². The van der Waals surface area contributed by atoms with Crippen LogP contribution in [0.1, 0.15) is 52.4 Å². The smallest absolute Gasteiger partial charge is 0.147 e. The van der Waals surface area contributed by atoms with Gasteiger partial charge in [0.1, 0.15) is 9.84 Å². The van der Waals surface area contributed by atoms with Crippen LogP contribution >= 0.6 is 0 Å². The van der Waals surface area contributed by atoms with Crippen molar-refractivity contribution < 1.29 is 13.5 Å². The van der Waals surface area contributed by atoms with Gasteiger partial charge in [0.05, 0.1) is 0 Å². The van der Waals surface area contributed by atoms with Crippen molar-refractivity contribution in [3.05, 3.63) is 0 Å². The van der Waals surface area contributed by atoms with Gasteiger partial charge in [-0.1, -0.05) is 26.7 Å². The summed E-state index contributed by atoms with van der Waals surface area (Å²) < 4.78 is 22.1. The van der Waals surface area contributed by atoms with Crippen LogP contribution in [0.5, 0.6) is 0 Å². The van der Waals surface area contributed by atoms with Crippen molar-refractivity contribution in [1.29, 1.82) is 0 Å². The molecular weight excluding hydrogens is 224 g/mol. The van der Waals surface area contributed by atoms with E-state index >= 15 is 0 Å². The van der Waals surface area contributed by atoms with E-state index in [0.717, 1.165) is 32.1 Å². The van der Waals surface area contributed by atoms with Crippen molar-refractivity contribution in [1.82, 2.24) is 0 Å². The number of rotatable bonds is 9. The second-order valence-corrected chi connectivity index (χ2v) is 7.11. The quantitative estimate of drug-likeness (QED) is 0.683. The fourth-order valence-electron chi connectivity index (χ4n) is 2.01. The predicted octanol–water partition coefficient (Wildman–Crippen LogP) is 2.39. The summed E-state index contributed by atoms with van der Waals surface area (Å²) in [4.78, 5) is 0. The summed E-state index contributed by atoms with van der Waals surface area (Å²) >= 11 is 0. The standard InChI is InChI=1S/C12H26O3S/c1-4-6-8-12(5-2,11-13)9-7-10-16(3,14)15/h13H,4-11H2,1-3H3. The Labute approximate surface area is 100 Å². The van der Waals surface area contributed by atoms with Crippen LogP contribution in [0.3, 0.4) is 0 Å². The van der Waals surface area contributed by atoms with Gasteiger partial charge in [-0.25, -0.2) is 8.42 Å². The lowest BCUT2D eigenvalue weighted by atomic mass is 9.77. The van der Waals surface area contributed by atoms with E-state index in [1.807, 2.05) is 0 Å². The summed E-state index contributed by atoms with van der Waals surface area (Å²) in [5, 5.41) is 9.48. The Morgan fingerprint density at radius 1 is 1.12 bits per heavy atom. The van der Waals surface area contributed by atoms with E-state index in [0.29, 0.717) is 6.42 Å². The second kappa shape index (κ2) is 7.28. The molecule has 0 bridgehead atoms. The molecule has 0 rings (SSSR count). The molecule has 0 spiro atoms. The Balaban J connectivity index is 4.21. The molecule has 1 atom stereocenters. The highest BCUT2D eigenvalue weighted by Gasteiger charge is 2.26.